The fourth-order valence-electron chi connectivity index (χ4n) is 5.36. The first-order valence-electron chi connectivity index (χ1n) is 13.0. The SMILES string of the molecule is COc1cc(OC)c([C@@H](c2ccccc2)c2c(O)c(OC)c(O)c3c(=O)c4cc(OC)c(O)c(OC)c4oc23)cc1OC. The van der Waals surface area contributed by atoms with Gasteiger partial charge in [0.15, 0.2) is 39.9 Å². The highest BCUT2D eigenvalue weighted by Gasteiger charge is 2.34. The lowest BCUT2D eigenvalue weighted by atomic mass is 9.82. The number of ether oxygens (including phenoxy) is 6. The monoisotopic (exact) mass is 590 g/mol. The molecule has 1 heterocycles. The summed E-state index contributed by atoms with van der Waals surface area (Å²) in [4.78, 5) is 14.1. The van der Waals surface area contributed by atoms with Crippen molar-refractivity contribution < 1.29 is 48.2 Å². The lowest BCUT2D eigenvalue weighted by Crippen LogP contribution is -2.11. The first kappa shape index (κ1) is 29.1. The number of aromatic hydroxyl groups is 3. The van der Waals surface area contributed by atoms with Crippen LogP contribution in [0.15, 0.2) is 57.7 Å². The Morgan fingerprint density at radius 2 is 1.23 bits per heavy atom. The topological polar surface area (TPSA) is 146 Å². The molecule has 1 atom stereocenters. The molecule has 0 saturated carbocycles. The fourth-order valence-corrected chi connectivity index (χ4v) is 5.36. The summed E-state index contributed by atoms with van der Waals surface area (Å²) in [5.41, 5.74) is 0.234. The van der Waals surface area contributed by atoms with Gasteiger partial charge in [-0.3, -0.25) is 4.79 Å². The lowest BCUT2D eigenvalue weighted by molar-refractivity contribution is 0.338. The van der Waals surface area contributed by atoms with Crippen molar-refractivity contribution >= 4 is 21.9 Å². The van der Waals surface area contributed by atoms with E-state index in [2.05, 4.69) is 0 Å². The van der Waals surface area contributed by atoms with E-state index >= 15 is 0 Å². The van der Waals surface area contributed by atoms with Crippen LogP contribution in [0.3, 0.4) is 0 Å². The van der Waals surface area contributed by atoms with E-state index in [9.17, 15) is 20.1 Å². The molecule has 224 valence electrons. The van der Waals surface area contributed by atoms with Crippen LogP contribution in [-0.4, -0.2) is 58.0 Å². The van der Waals surface area contributed by atoms with Crippen molar-refractivity contribution in [2.45, 2.75) is 5.92 Å². The molecule has 0 aliphatic heterocycles. The molecule has 0 unspecified atom stereocenters. The van der Waals surface area contributed by atoms with Gasteiger partial charge in [-0.25, -0.2) is 0 Å². The highest BCUT2D eigenvalue weighted by molar-refractivity contribution is 6.01. The summed E-state index contributed by atoms with van der Waals surface area (Å²) in [6, 6.07) is 13.7. The molecule has 43 heavy (non-hydrogen) atoms. The highest BCUT2D eigenvalue weighted by atomic mass is 16.5. The number of phenols is 3. The zero-order valence-corrected chi connectivity index (χ0v) is 24.3. The minimum Gasteiger partial charge on any atom is -0.504 e. The van der Waals surface area contributed by atoms with Gasteiger partial charge in [0.25, 0.3) is 0 Å². The molecule has 0 bridgehead atoms. The van der Waals surface area contributed by atoms with Gasteiger partial charge in [0.05, 0.1) is 53.6 Å². The molecule has 0 saturated heterocycles. The third-order valence-corrected chi connectivity index (χ3v) is 7.34. The van der Waals surface area contributed by atoms with Gasteiger partial charge in [-0.05, 0) is 17.7 Å². The van der Waals surface area contributed by atoms with Gasteiger partial charge >= 0.3 is 0 Å². The zero-order valence-electron chi connectivity index (χ0n) is 24.3. The van der Waals surface area contributed by atoms with Gasteiger partial charge in [-0.2, -0.15) is 0 Å². The number of benzene rings is 4. The van der Waals surface area contributed by atoms with E-state index in [1.165, 1.54) is 48.7 Å². The van der Waals surface area contributed by atoms with Crippen LogP contribution in [0.25, 0.3) is 21.9 Å². The van der Waals surface area contributed by atoms with Gasteiger partial charge in [0.2, 0.25) is 22.7 Å². The first-order chi connectivity index (χ1) is 20.8. The molecule has 11 nitrogen and oxygen atoms in total. The van der Waals surface area contributed by atoms with Gasteiger partial charge < -0.3 is 48.2 Å². The van der Waals surface area contributed by atoms with Crippen LogP contribution in [0.4, 0.5) is 0 Å². The summed E-state index contributed by atoms with van der Waals surface area (Å²) < 4.78 is 39.2. The Bertz CT molecular complexity index is 1890. The molecule has 5 aromatic rings. The zero-order chi connectivity index (χ0) is 31.0. The number of phenolic OH excluding ortho intramolecular Hbond substituents is 3. The van der Waals surface area contributed by atoms with E-state index in [1.54, 1.807) is 12.1 Å². The number of fused-ring (bicyclic) bond motifs is 2. The summed E-state index contributed by atoms with van der Waals surface area (Å²) in [6.07, 6.45) is 0. The Balaban J connectivity index is 2.04. The fraction of sp³-hybridized carbons (Fsp3) is 0.219. The Morgan fingerprint density at radius 3 is 1.81 bits per heavy atom. The van der Waals surface area contributed by atoms with Crippen LogP contribution in [0.5, 0.6) is 51.7 Å². The van der Waals surface area contributed by atoms with Gasteiger partial charge in [0, 0.05) is 17.5 Å². The van der Waals surface area contributed by atoms with E-state index in [-0.39, 0.29) is 44.8 Å². The largest absolute Gasteiger partial charge is 0.504 e. The predicted molar refractivity (Wildman–Crippen MR) is 158 cm³/mol. The molecule has 0 radical (unpaired) electrons. The first-order valence-corrected chi connectivity index (χ1v) is 13.0. The summed E-state index contributed by atoms with van der Waals surface area (Å²) in [7, 11) is 8.33. The molecule has 3 N–H and O–H groups in total. The average Bonchev–Trinajstić information content (AvgIpc) is 3.02. The standard InChI is InChI=1S/C32H30O11/c1-37-18-14-20(39-3)19(38-2)12-16(18)22(15-10-8-7-9-11-15)23-27(35)31(41-5)28(36)24-25(33)17-13-21(40-4)26(34)32(42-6)29(17)43-30(23)24/h7-14,22,34-36H,1-6H3/t22-/m1/s1. The third-order valence-electron chi connectivity index (χ3n) is 7.34. The smallest absolute Gasteiger partial charge is 0.208 e. The molecule has 0 amide bonds. The predicted octanol–water partition coefficient (Wildman–Crippen LogP) is 5.29. The number of hydrogen-bond donors (Lipinski definition) is 3. The minimum atomic E-state index is -0.883. The van der Waals surface area contributed by atoms with Crippen molar-refractivity contribution in [2.24, 2.45) is 0 Å². The molecular formula is C32H30O11. The van der Waals surface area contributed by atoms with Gasteiger partial charge in [-0.15, -0.1) is 0 Å². The third kappa shape index (κ3) is 4.49. The van der Waals surface area contributed by atoms with Crippen molar-refractivity contribution in [1.82, 2.24) is 0 Å². The van der Waals surface area contributed by atoms with Crippen LogP contribution in [0.2, 0.25) is 0 Å². The summed E-state index contributed by atoms with van der Waals surface area (Å²) in [5, 5.41) is 33.5. The number of methoxy groups -OCH3 is 6. The molecule has 1 aromatic heterocycles. The molecular weight excluding hydrogens is 560 g/mol. The van der Waals surface area contributed by atoms with Crippen molar-refractivity contribution in [2.75, 3.05) is 42.7 Å². The van der Waals surface area contributed by atoms with Crippen molar-refractivity contribution in [3.63, 3.8) is 0 Å². The maximum atomic E-state index is 14.1. The van der Waals surface area contributed by atoms with E-state index in [0.29, 0.717) is 28.4 Å². The molecule has 11 heteroatoms. The van der Waals surface area contributed by atoms with E-state index in [4.69, 9.17) is 32.8 Å². The Labute approximate surface area is 245 Å². The molecule has 0 aliphatic carbocycles. The molecule has 4 aromatic carbocycles. The van der Waals surface area contributed by atoms with Crippen LogP contribution in [0, 0.1) is 0 Å². The van der Waals surface area contributed by atoms with Crippen molar-refractivity contribution in [1.29, 1.82) is 0 Å². The van der Waals surface area contributed by atoms with E-state index in [0.717, 1.165) is 0 Å². The number of hydrogen-bond acceptors (Lipinski definition) is 11. The van der Waals surface area contributed by atoms with Gasteiger partial charge in [-0.1, -0.05) is 30.3 Å². The van der Waals surface area contributed by atoms with Crippen LogP contribution >= 0.6 is 0 Å². The Kier molecular flexibility index (Phi) is 7.73. The summed E-state index contributed by atoms with van der Waals surface area (Å²) in [6.45, 7) is 0. The normalized spacial score (nSPS) is 11.8. The van der Waals surface area contributed by atoms with Crippen molar-refractivity contribution in [3.8, 4) is 51.7 Å². The molecule has 0 fully saturated rings. The Morgan fingerprint density at radius 1 is 0.628 bits per heavy atom. The Hall–Kier alpha value is -5.45. The highest BCUT2D eigenvalue weighted by Crippen LogP contribution is 2.54. The van der Waals surface area contributed by atoms with Crippen LogP contribution in [-0.2, 0) is 0 Å². The maximum absolute atomic E-state index is 14.1. The lowest BCUT2D eigenvalue weighted by Gasteiger charge is -2.25. The molecule has 5 rings (SSSR count). The number of rotatable bonds is 9. The van der Waals surface area contributed by atoms with E-state index < -0.39 is 28.6 Å². The van der Waals surface area contributed by atoms with Gasteiger partial charge in [0.1, 0.15) is 11.1 Å². The second-order valence-corrected chi connectivity index (χ2v) is 9.41. The van der Waals surface area contributed by atoms with E-state index in [1.807, 2.05) is 30.3 Å². The van der Waals surface area contributed by atoms with Crippen molar-refractivity contribution in [3.05, 3.63) is 75.4 Å². The second kappa shape index (κ2) is 11.4. The van der Waals surface area contributed by atoms with Crippen LogP contribution in [0.1, 0.15) is 22.6 Å². The summed E-state index contributed by atoms with van der Waals surface area (Å²) in [5.74, 6) is -1.81. The summed E-state index contributed by atoms with van der Waals surface area (Å²) >= 11 is 0. The second-order valence-electron chi connectivity index (χ2n) is 9.41. The molecule has 0 spiro atoms. The minimum absolute atomic E-state index is 0.0429. The maximum Gasteiger partial charge on any atom is 0.208 e. The quantitative estimate of drug-likeness (QED) is 0.152. The van der Waals surface area contributed by atoms with Crippen LogP contribution < -0.4 is 33.8 Å². The average molecular weight is 591 g/mol. The molecule has 0 aliphatic rings.